The van der Waals surface area contributed by atoms with Gasteiger partial charge in [0.05, 0.1) is 16.6 Å². The highest BCUT2D eigenvalue weighted by molar-refractivity contribution is 7.07. The third kappa shape index (κ3) is 3.05. The molecular formula is C13H13ClN2O2S. The zero-order chi connectivity index (χ0) is 14.0. The summed E-state index contributed by atoms with van der Waals surface area (Å²) in [4.78, 5) is 16.3. The molecule has 19 heavy (non-hydrogen) atoms. The van der Waals surface area contributed by atoms with Crippen molar-refractivity contribution in [3.8, 4) is 0 Å². The second-order valence-electron chi connectivity index (χ2n) is 4.18. The fourth-order valence-electron chi connectivity index (χ4n) is 1.57. The second-order valence-corrected chi connectivity index (χ2v) is 5.46. The maximum Gasteiger partial charge on any atom is 0.310 e. The zero-order valence-corrected chi connectivity index (χ0v) is 12.1. The van der Waals surface area contributed by atoms with Crippen LogP contribution in [0.2, 0.25) is 5.02 Å². The van der Waals surface area contributed by atoms with Crippen LogP contribution in [-0.4, -0.2) is 15.6 Å². The predicted molar refractivity (Wildman–Crippen MR) is 76.0 cm³/mol. The molecule has 0 spiro atoms. The van der Waals surface area contributed by atoms with Gasteiger partial charge in [-0.25, -0.2) is 4.99 Å². The Balaban J connectivity index is 2.50. The standard InChI is InChI=1S/C13H13ClN2O2S/c1-8(12(17)18)9-3-4-10(14)11(7-9)15-13-16(2)5-6-19-13/h3-8H,1-2H3,(H,17,18)/b15-13-. The Bertz CT molecular complexity index is 675. The first-order valence-electron chi connectivity index (χ1n) is 5.66. The number of carbonyl (C=O) groups is 1. The lowest BCUT2D eigenvalue weighted by atomic mass is 10.0. The van der Waals surface area contributed by atoms with Crippen molar-refractivity contribution in [2.75, 3.05) is 0 Å². The van der Waals surface area contributed by atoms with E-state index in [0.29, 0.717) is 16.3 Å². The quantitative estimate of drug-likeness (QED) is 0.946. The van der Waals surface area contributed by atoms with Crippen LogP contribution in [0.5, 0.6) is 0 Å². The van der Waals surface area contributed by atoms with Crippen molar-refractivity contribution in [2.45, 2.75) is 12.8 Å². The molecule has 6 heteroatoms. The number of aromatic nitrogens is 1. The van der Waals surface area contributed by atoms with Gasteiger partial charge in [-0.2, -0.15) is 0 Å². The minimum absolute atomic E-state index is 0.509. The molecule has 4 nitrogen and oxygen atoms in total. The summed E-state index contributed by atoms with van der Waals surface area (Å²) in [5.74, 6) is -1.45. The van der Waals surface area contributed by atoms with Crippen molar-refractivity contribution >= 4 is 34.6 Å². The number of aliphatic carboxylic acids is 1. The van der Waals surface area contributed by atoms with Gasteiger partial charge in [-0.15, -0.1) is 11.3 Å². The summed E-state index contributed by atoms with van der Waals surface area (Å²) in [5, 5.41) is 11.5. The monoisotopic (exact) mass is 296 g/mol. The lowest BCUT2D eigenvalue weighted by molar-refractivity contribution is -0.138. The Kier molecular flexibility index (Phi) is 4.07. The van der Waals surface area contributed by atoms with Crippen LogP contribution in [0.4, 0.5) is 5.69 Å². The second kappa shape index (κ2) is 5.59. The molecule has 2 aromatic rings. The topological polar surface area (TPSA) is 54.6 Å². The highest BCUT2D eigenvalue weighted by atomic mass is 35.5. The lowest BCUT2D eigenvalue weighted by Gasteiger charge is -2.08. The fourth-order valence-corrected chi connectivity index (χ4v) is 2.47. The average Bonchev–Trinajstić information content (AvgIpc) is 2.77. The summed E-state index contributed by atoms with van der Waals surface area (Å²) in [7, 11) is 1.90. The maximum absolute atomic E-state index is 11.0. The molecule has 2 rings (SSSR count). The number of carboxylic acid groups (broad SMARTS) is 1. The number of nitrogens with zero attached hydrogens (tertiary/aromatic N) is 2. The number of aryl methyl sites for hydroxylation is 1. The number of carboxylic acids is 1. The molecule has 0 radical (unpaired) electrons. The van der Waals surface area contributed by atoms with E-state index in [9.17, 15) is 4.79 Å². The molecule has 0 aliphatic carbocycles. The Morgan fingerprint density at radius 3 is 2.84 bits per heavy atom. The van der Waals surface area contributed by atoms with E-state index >= 15 is 0 Å². The van der Waals surface area contributed by atoms with Gasteiger partial charge >= 0.3 is 5.97 Å². The Morgan fingerprint density at radius 1 is 1.53 bits per heavy atom. The minimum Gasteiger partial charge on any atom is -0.481 e. The van der Waals surface area contributed by atoms with Gasteiger partial charge in [-0.05, 0) is 24.6 Å². The first-order valence-corrected chi connectivity index (χ1v) is 6.92. The number of benzene rings is 1. The van der Waals surface area contributed by atoms with E-state index in [1.54, 1.807) is 25.1 Å². The van der Waals surface area contributed by atoms with E-state index in [0.717, 1.165) is 4.80 Å². The number of hydrogen-bond acceptors (Lipinski definition) is 3. The molecule has 100 valence electrons. The highest BCUT2D eigenvalue weighted by Crippen LogP contribution is 2.28. The van der Waals surface area contributed by atoms with E-state index in [2.05, 4.69) is 4.99 Å². The summed E-state index contributed by atoms with van der Waals surface area (Å²) in [5.41, 5.74) is 1.28. The molecule has 1 heterocycles. The van der Waals surface area contributed by atoms with Gasteiger partial charge in [0.2, 0.25) is 0 Å². The number of rotatable bonds is 3. The summed E-state index contributed by atoms with van der Waals surface area (Å²) in [6.07, 6.45) is 1.90. The number of hydrogen-bond donors (Lipinski definition) is 1. The van der Waals surface area contributed by atoms with E-state index in [1.165, 1.54) is 11.3 Å². The van der Waals surface area contributed by atoms with Crippen LogP contribution in [0.15, 0.2) is 34.8 Å². The van der Waals surface area contributed by atoms with Crippen LogP contribution >= 0.6 is 22.9 Å². The van der Waals surface area contributed by atoms with Gasteiger partial charge in [0.1, 0.15) is 0 Å². The Hall–Kier alpha value is -1.59. The van der Waals surface area contributed by atoms with Crippen LogP contribution in [0, 0.1) is 0 Å². The molecule has 0 fully saturated rings. The van der Waals surface area contributed by atoms with E-state index in [-0.39, 0.29) is 0 Å². The predicted octanol–water partition coefficient (Wildman–Crippen LogP) is 3.16. The summed E-state index contributed by atoms with van der Waals surface area (Å²) < 4.78 is 1.88. The van der Waals surface area contributed by atoms with Gasteiger partial charge in [0, 0.05) is 18.6 Å². The molecule has 1 aromatic carbocycles. The van der Waals surface area contributed by atoms with Crippen molar-refractivity contribution < 1.29 is 9.90 Å². The third-order valence-corrected chi connectivity index (χ3v) is 3.98. The third-order valence-electron chi connectivity index (χ3n) is 2.82. The van der Waals surface area contributed by atoms with E-state index < -0.39 is 11.9 Å². The van der Waals surface area contributed by atoms with Crippen LogP contribution in [0.1, 0.15) is 18.4 Å². The van der Waals surface area contributed by atoms with E-state index in [1.807, 2.05) is 23.2 Å². The largest absolute Gasteiger partial charge is 0.481 e. The van der Waals surface area contributed by atoms with Gasteiger partial charge < -0.3 is 9.67 Å². The Labute approximate surface area is 119 Å². The average molecular weight is 297 g/mol. The normalized spacial score (nSPS) is 13.5. The molecule has 0 aliphatic rings. The maximum atomic E-state index is 11.0. The summed E-state index contributed by atoms with van der Waals surface area (Å²) in [6, 6.07) is 5.12. The van der Waals surface area contributed by atoms with E-state index in [4.69, 9.17) is 16.7 Å². The van der Waals surface area contributed by atoms with Crippen LogP contribution in [0.25, 0.3) is 0 Å². The molecule has 1 unspecified atom stereocenters. The molecule has 1 N–H and O–H groups in total. The lowest BCUT2D eigenvalue weighted by Crippen LogP contribution is -2.09. The van der Waals surface area contributed by atoms with Crippen molar-refractivity contribution in [3.63, 3.8) is 0 Å². The van der Waals surface area contributed by atoms with Crippen molar-refractivity contribution in [1.82, 2.24) is 4.57 Å². The first-order chi connectivity index (χ1) is 8.99. The van der Waals surface area contributed by atoms with Gasteiger partial charge in [0.25, 0.3) is 0 Å². The molecule has 1 aromatic heterocycles. The summed E-state index contributed by atoms with van der Waals surface area (Å²) in [6.45, 7) is 1.64. The van der Waals surface area contributed by atoms with Crippen molar-refractivity contribution in [3.05, 3.63) is 45.2 Å². The smallest absolute Gasteiger partial charge is 0.310 e. The fraction of sp³-hybridized carbons (Fsp3) is 0.231. The molecule has 0 aliphatic heterocycles. The van der Waals surface area contributed by atoms with Gasteiger partial charge in [-0.1, -0.05) is 17.7 Å². The molecule has 0 bridgehead atoms. The van der Waals surface area contributed by atoms with Crippen molar-refractivity contribution in [1.29, 1.82) is 0 Å². The Morgan fingerprint density at radius 2 is 2.26 bits per heavy atom. The molecule has 0 saturated carbocycles. The summed E-state index contributed by atoms with van der Waals surface area (Å²) >= 11 is 7.60. The van der Waals surface area contributed by atoms with Gasteiger partial charge in [-0.3, -0.25) is 4.79 Å². The number of halogens is 1. The first kappa shape index (κ1) is 13.8. The molecular weight excluding hydrogens is 284 g/mol. The molecule has 0 amide bonds. The van der Waals surface area contributed by atoms with Crippen LogP contribution < -0.4 is 4.80 Å². The SMILES string of the molecule is CC(C(=O)O)c1ccc(Cl)c(/N=c2\sccn2C)c1. The zero-order valence-electron chi connectivity index (χ0n) is 10.5. The van der Waals surface area contributed by atoms with Crippen molar-refractivity contribution in [2.24, 2.45) is 12.0 Å². The minimum atomic E-state index is -0.866. The molecule has 1 atom stereocenters. The van der Waals surface area contributed by atoms with Gasteiger partial charge in [0.15, 0.2) is 4.80 Å². The van der Waals surface area contributed by atoms with Crippen LogP contribution in [-0.2, 0) is 11.8 Å². The number of thiazole rings is 1. The molecule has 0 saturated heterocycles. The highest BCUT2D eigenvalue weighted by Gasteiger charge is 2.14. The van der Waals surface area contributed by atoms with Crippen LogP contribution in [0.3, 0.4) is 0 Å².